The Balaban J connectivity index is 2.66. The molecule has 2 N–H and O–H groups in total. The maximum Gasteiger partial charge on any atom is 0.322 e. The molecule has 0 aromatic heterocycles. The summed E-state index contributed by atoms with van der Waals surface area (Å²) in [6.45, 7) is 1.13. The number of thioether (sulfide) groups is 1. The molecule has 1 rings (SSSR count). The lowest BCUT2D eigenvalue weighted by Gasteiger charge is -2.35. The number of rotatable bonds is 5. The van der Waals surface area contributed by atoms with Gasteiger partial charge in [0.1, 0.15) is 6.54 Å². The summed E-state index contributed by atoms with van der Waals surface area (Å²) in [4.78, 5) is 33.7. The van der Waals surface area contributed by atoms with E-state index in [-0.39, 0.29) is 17.6 Å². The fourth-order valence-electron chi connectivity index (χ4n) is 2.25. The Bertz CT molecular complexity index is 337. The summed E-state index contributed by atoms with van der Waals surface area (Å²) in [5.41, 5.74) is -0.565. The molecule has 0 saturated heterocycles. The maximum absolute atomic E-state index is 12.1. The molecule has 1 aliphatic carbocycles. The summed E-state index contributed by atoms with van der Waals surface area (Å²) < 4.78 is 0. The molecule has 0 aromatic carbocycles. The standard InChI is InChI=1S/C12H19NO4S/c1-9(14)18-8-12(5-3-2-4-6-12)11(17)13-7-10(15)16/h2-8H2,1H3,(H,13,17)(H,15,16). The van der Waals surface area contributed by atoms with Gasteiger partial charge in [0, 0.05) is 12.7 Å². The van der Waals surface area contributed by atoms with Crippen molar-refractivity contribution in [1.29, 1.82) is 0 Å². The van der Waals surface area contributed by atoms with Crippen LogP contribution in [-0.4, -0.2) is 34.4 Å². The highest BCUT2D eigenvalue weighted by atomic mass is 32.2. The van der Waals surface area contributed by atoms with Crippen molar-refractivity contribution in [3.63, 3.8) is 0 Å². The monoisotopic (exact) mass is 273 g/mol. The van der Waals surface area contributed by atoms with Crippen LogP contribution in [0.15, 0.2) is 0 Å². The number of amides is 1. The van der Waals surface area contributed by atoms with Crippen LogP contribution in [0.1, 0.15) is 39.0 Å². The van der Waals surface area contributed by atoms with E-state index in [4.69, 9.17) is 5.11 Å². The first-order valence-electron chi connectivity index (χ1n) is 6.10. The molecule has 1 aliphatic rings. The lowest BCUT2D eigenvalue weighted by Crippen LogP contribution is -2.45. The Hall–Kier alpha value is -1.04. The predicted octanol–water partition coefficient (Wildman–Crippen LogP) is 1.42. The van der Waals surface area contributed by atoms with Crippen molar-refractivity contribution in [1.82, 2.24) is 5.32 Å². The fourth-order valence-corrected chi connectivity index (χ4v) is 3.15. The van der Waals surface area contributed by atoms with Crippen molar-refractivity contribution in [3.8, 4) is 0 Å². The van der Waals surface area contributed by atoms with Crippen molar-refractivity contribution < 1.29 is 19.5 Å². The molecule has 5 nitrogen and oxygen atoms in total. The molecule has 0 radical (unpaired) electrons. The predicted molar refractivity (Wildman–Crippen MR) is 69.3 cm³/mol. The van der Waals surface area contributed by atoms with Gasteiger partial charge in [0.25, 0.3) is 0 Å². The van der Waals surface area contributed by atoms with Crippen LogP contribution in [0.25, 0.3) is 0 Å². The molecule has 102 valence electrons. The molecule has 1 amide bonds. The van der Waals surface area contributed by atoms with E-state index in [0.717, 1.165) is 43.9 Å². The molecule has 0 heterocycles. The van der Waals surface area contributed by atoms with E-state index in [2.05, 4.69) is 5.32 Å². The fraction of sp³-hybridized carbons (Fsp3) is 0.750. The highest BCUT2D eigenvalue weighted by Crippen LogP contribution is 2.39. The number of aliphatic carboxylic acids is 1. The summed E-state index contributed by atoms with van der Waals surface area (Å²) in [6.07, 6.45) is 4.48. The molecule has 0 spiro atoms. The molecular formula is C12H19NO4S. The van der Waals surface area contributed by atoms with Crippen LogP contribution in [0, 0.1) is 5.41 Å². The van der Waals surface area contributed by atoms with Gasteiger partial charge in [0.15, 0.2) is 5.12 Å². The Morgan fingerprint density at radius 1 is 1.22 bits per heavy atom. The van der Waals surface area contributed by atoms with Crippen molar-refractivity contribution in [2.75, 3.05) is 12.3 Å². The number of carboxylic acid groups (broad SMARTS) is 1. The van der Waals surface area contributed by atoms with Crippen molar-refractivity contribution in [3.05, 3.63) is 0 Å². The number of hydrogen-bond donors (Lipinski definition) is 2. The second kappa shape index (κ2) is 6.78. The van der Waals surface area contributed by atoms with E-state index in [0.29, 0.717) is 5.75 Å². The second-order valence-electron chi connectivity index (χ2n) is 4.70. The Morgan fingerprint density at radius 3 is 2.33 bits per heavy atom. The van der Waals surface area contributed by atoms with Crippen molar-refractivity contribution >= 4 is 28.8 Å². The minimum atomic E-state index is -1.05. The topological polar surface area (TPSA) is 83.5 Å². The van der Waals surface area contributed by atoms with Gasteiger partial charge < -0.3 is 10.4 Å². The molecule has 6 heteroatoms. The summed E-state index contributed by atoms with van der Waals surface area (Å²) in [5, 5.41) is 11.0. The van der Waals surface area contributed by atoms with Gasteiger partial charge >= 0.3 is 5.97 Å². The van der Waals surface area contributed by atoms with Crippen LogP contribution in [0.4, 0.5) is 0 Å². The van der Waals surface area contributed by atoms with Crippen LogP contribution in [0.3, 0.4) is 0 Å². The Labute approximate surface area is 111 Å². The Kier molecular flexibility index (Phi) is 5.65. The number of carboxylic acids is 1. The van der Waals surface area contributed by atoms with Gasteiger partial charge in [0.05, 0.1) is 5.41 Å². The lowest BCUT2D eigenvalue weighted by atomic mass is 9.75. The number of hydrogen-bond acceptors (Lipinski definition) is 4. The third-order valence-corrected chi connectivity index (χ3v) is 4.35. The molecule has 1 saturated carbocycles. The van der Waals surface area contributed by atoms with Gasteiger partial charge in [-0.05, 0) is 12.8 Å². The second-order valence-corrected chi connectivity index (χ2v) is 5.85. The molecule has 1 fully saturated rings. The lowest BCUT2D eigenvalue weighted by molar-refractivity contribution is -0.140. The Morgan fingerprint density at radius 2 is 1.83 bits per heavy atom. The van der Waals surface area contributed by atoms with Crippen LogP contribution < -0.4 is 5.32 Å². The average Bonchev–Trinajstić information content (AvgIpc) is 2.34. The van der Waals surface area contributed by atoms with Crippen LogP contribution in [-0.2, 0) is 14.4 Å². The van der Waals surface area contributed by atoms with Gasteiger partial charge in [-0.3, -0.25) is 14.4 Å². The first-order chi connectivity index (χ1) is 8.46. The first-order valence-corrected chi connectivity index (χ1v) is 7.08. The van der Waals surface area contributed by atoms with Crippen LogP contribution in [0.2, 0.25) is 0 Å². The zero-order valence-electron chi connectivity index (χ0n) is 10.5. The van der Waals surface area contributed by atoms with E-state index >= 15 is 0 Å². The van der Waals surface area contributed by atoms with Gasteiger partial charge in [-0.15, -0.1) is 0 Å². The summed E-state index contributed by atoms with van der Waals surface area (Å²) in [7, 11) is 0. The number of carbonyl (C=O) groups excluding carboxylic acids is 2. The summed E-state index contributed by atoms with van der Waals surface area (Å²) in [5.74, 6) is -0.819. The third-order valence-electron chi connectivity index (χ3n) is 3.24. The number of carbonyl (C=O) groups is 3. The average molecular weight is 273 g/mol. The van der Waals surface area contributed by atoms with Gasteiger partial charge in [0.2, 0.25) is 5.91 Å². The largest absolute Gasteiger partial charge is 0.480 e. The smallest absolute Gasteiger partial charge is 0.322 e. The third kappa shape index (κ3) is 4.33. The number of nitrogens with one attached hydrogen (secondary N) is 1. The van der Waals surface area contributed by atoms with E-state index in [1.807, 2.05) is 0 Å². The SMILES string of the molecule is CC(=O)SCC1(C(=O)NCC(=O)O)CCCCC1. The van der Waals surface area contributed by atoms with Crippen LogP contribution >= 0.6 is 11.8 Å². The maximum atomic E-state index is 12.1. The van der Waals surface area contributed by atoms with Gasteiger partial charge in [-0.1, -0.05) is 31.0 Å². The van der Waals surface area contributed by atoms with E-state index in [9.17, 15) is 14.4 Å². The normalized spacial score (nSPS) is 18.1. The molecule has 0 aromatic rings. The molecule has 18 heavy (non-hydrogen) atoms. The highest BCUT2D eigenvalue weighted by Gasteiger charge is 2.39. The quantitative estimate of drug-likeness (QED) is 0.791. The first kappa shape index (κ1) is 15.0. The molecular weight excluding hydrogens is 254 g/mol. The van der Waals surface area contributed by atoms with E-state index in [1.165, 1.54) is 6.92 Å². The summed E-state index contributed by atoms with van der Waals surface area (Å²) in [6, 6.07) is 0. The molecule has 0 atom stereocenters. The van der Waals surface area contributed by atoms with E-state index in [1.54, 1.807) is 0 Å². The van der Waals surface area contributed by atoms with E-state index < -0.39 is 11.4 Å². The minimum Gasteiger partial charge on any atom is -0.480 e. The summed E-state index contributed by atoms with van der Waals surface area (Å²) >= 11 is 1.15. The molecule has 0 aliphatic heterocycles. The van der Waals surface area contributed by atoms with Crippen LogP contribution in [0.5, 0.6) is 0 Å². The minimum absolute atomic E-state index is 0.00835. The van der Waals surface area contributed by atoms with Gasteiger partial charge in [-0.25, -0.2) is 0 Å². The highest BCUT2D eigenvalue weighted by molar-refractivity contribution is 8.13. The molecule has 0 bridgehead atoms. The zero-order valence-corrected chi connectivity index (χ0v) is 11.3. The molecule has 0 unspecified atom stereocenters. The zero-order chi connectivity index (χ0) is 13.6. The van der Waals surface area contributed by atoms with Crippen molar-refractivity contribution in [2.24, 2.45) is 5.41 Å². The van der Waals surface area contributed by atoms with Crippen molar-refractivity contribution in [2.45, 2.75) is 39.0 Å². The van der Waals surface area contributed by atoms with Gasteiger partial charge in [-0.2, -0.15) is 0 Å².